The van der Waals surface area contributed by atoms with Crippen molar-refractivity contribution in [2.45, 2.75) is 82.3 Å². The van der Waals surface area contributed by atoms with Crippen LogP contribution in [0.4, 0.5) is 8.78 Å². The fourth-order valence-electron chi connectivity index (χ4n) is 4.30. The van der Waals surface area contributed by atoms with Gasteiger partial charge in [-0.15, -0.1) is 12.4 Å². The Morgan fingerprint density at radius 3 is 1.79 bits per heavy atom. The first-order chi connectivity index (χ1) is 15.3. The molecule has 0 saturated heterocycles. The average molecular weight is 624 g/mol. The Morgan fingerprint density at radius 1 is 0.941 bits per heavy atom. The molecule has 0 aliphatic heterocycles. The van der Waals surface area contributed by atoms with Crippen LogP contribution in [0.5, 0.6) is 0 Å². The summed E-state index contributed by atoms with van der Waals surface area (Å²) >= 11 is 6.38. The van der Waals surface area contributed by atoms with Gasteiger partial charge >= 0.3 is 5.97 Å². The summed E-state index contributed by atoms with van der Waals surface area (Å²) in [7, 11) is 0. The second-order valence-electron chi connectivity index (χ2n) is 10.2. The summed E-state index contributed by atoms with van der Waals surface area (Å²) in [6.07, 6.45) is 6.54. The fraction of sp³-hybridized carbons (Fsp3) is 0.500. The normalized spacial score (nSPS) is 17.8. The molecule has 0 amide bonds. The molecule has 2 fully saturated rings. The minimum Gasteiger partial charge on any atom is -0.460 e. The Morgan fingerprint density at radius 2 is 1.41 bits per heavy atom. The van der Waals surface area contributed by atoms with Gasteiger partial charge in [-0.05, 0) is 120 Å². The van der Waals surface area contributed by atoms with Crippen LogP contribution in [0, 0.1) is 11.6 Å². The minimum absolute atomic E-state index is 0. The predicted molar refractivity (Wildman–Crippen MR) is 141 cm³/mol. The van der Waals surface area contributed by atoms with E-state index in [0.717, 1.165) is 43.2 Å². The topological polar surface area (TPSA) is 52.3 Å². The molecule has 3 nitrogen and oxygen atoms in total. The number of halogens is 5. The molecule has 0 aromatic heterocycles. The molecular formula is C26H32Br2ClF2NO2. The number of nitrogens with two attached hydrogens (primary N) is 1. The lowest BCUT2D eigenvalue weighted by Crippen LogP contribution is -2.43. The Hall–Kier alpha value is -1.02. The second kappa shape index (κ2) is 11.4. The van der Waals surface area contributed by atoms with Crippen molar-refractivity contribution in [3.63, 3.8) is 0 Å². The van der Waals surface area contributed by atoms with Crippen LogP contribution >= 0.6 is 44.3 Å². The first kappa shape index (κ1) is 29.2. The van der Waals surface area contributed by atoms with E-state index in [9.17, 15) is 13.6 Å². The first-order valence-electron chi connectivity index (χ1n) is 11.3. The lowest BCUT2D eigenvalue weighted by atomic mass is 9.62. The number of rotatable bonds is 4. The molecule has 188 valence electrons. The molecule has 2 aliphatic carbocycles. The van der Waals surface area contributed by atoms with Gasteiger partial charge in [0.2, 0.25) is 0 Å². The number of benzene rings is 2. The maximum atomic E-state index is 13.4. The van der Waals surface area contributed by atoms with Crippen LogP contribution in [0.15, 0.2) is 45.3 Å². The molecule has 2 aromatic carbocycles. The van der Waals surface area contributed by atoms with Crippen molar-refractivity contribution in [3.05, 3.63) is 68.1 Å². The first-order valence-corrected chi connectivity index (χ1v) is 12.8. The van der Waals surface area contributed by atoms with E-state index in [2.05, 4.69) is 31.9 Å². The van der Waals surface area contributed by atoms with E-state index < -0.39 is 5.60 Å². The van der Waals surface area contributed by atoms with Gasteiger partial charge in [-0.25, -0.2) is 8.78 Å². The maximum Gasteiger partial charge on any atom is 0.307 e. The summed E-state index contributed by atoms with van der Waals surface area (Å²) < 4.78 is 32.6. The zero-order valence-electron chi connectivity index (χ0n) is 19.7. The van der Waals surface area contributed by atoms with Crippen molar-refractivity contribution in [1.82, 2.24) is 0 Å². The molecule has 2 aliphatic rings. The summed E-state index contributed by atoms with van der Waals surface area (Å²) in [5, 5.41) is 0. The van der Waals surface area contributed by atoms with Crippen LogP contribution in [0.3, 0.4) is 0 Å². The molecule has 0 radical (unpaired) electrons. The van der Waals surface area contributed by atoms with Gasteiger partial charge in [-0.2, -0.15) is 0 Å². The number of carbonyl (C=O) groups is 1. The van der Waals surface area contributed by atoms with Crippen LogP contribution in [0.1, 0.15) is 76.8 Å². The van der Waals surface area contributed by atoms with E-state index in [-0.39, 0.29) is 41.0 Å². The molecule has 0 bridgehead atoms. The lowest BCUT2D eigenvalue weighted by Gasteiger charge is -2.42. The van der Waals surface area contributed by atoms with Crippen molar-refractivity contribution in [3.8, 4) is 0 Å². The maximum absolute atomic E-state index is 13.4. The third-order valence-corrected chi connectivity index (χ3v) is 7.70. The molecule has 2 aromatic rings. The predicted octanol–water partition coefficient (Wildman–Crippen LogP) is 8.09. The Kier molecular flexibility index (Phi) is 9.76. The molecule has 4 rings (SSSR count). The number of hydrogen-bond donors (Lipinski definition) is 1. The molecule has 0 spiro atoms. The highest BCUT2D eigenvalue weighted by atomic mass is 79.9. The lowest BCUT2D eigenvalue weighted by molar-refractivity contribution is -0.157. The standard InChI is InChI=1S/C16H20BrFO2.C10H11BrFN.ClH/c1-15(2,3)20-14(19)10-16(7-4-8-16)11-5-6-13(18)12(17)9-11;11-8-6-7(2-3-9(8)12)10(13)4-1-5-10;/h5-6,9H,4,7-8,10H2,1-3H3;2-3,6H,1,4-5,13H2;1H. The third kappa shape index (κ3) is 7.02. The highest BCUT2D eigenvalue weighted by molar-refractivity contribution is 9.10. The quantitative estimate of drug-likeness (QED) is 0.351. The van der Waals surface area contributed by atoms with Gasteiger partial charge in [0.1, 0.15) is 17.2 Å². The van der Waals surface area contributed by atoms with Gasteiger partial charge in [-0.1, -0.05) is 18.6 Å². The SMILES string of the molecule is CC(C)(C)OC(=O)CC1(c2ccc(F)c(Br)c2)CCC1.Cl.NC1(c2ccc(F)c(Br)c2)CCC1. The zero-order valence-corrected chi connectivity index (χ0v) is 23.7. The molecule has 0 unspecified atom stereocenters. The molecule has 0 atom stereocenters. The highest BCUT2D eigenvalue weighted by Gasteiger charge is 2.42. The summed E-state index contributed by atoms with van der Waals surface area (Å²) in [5.41, 5.74) is 7.30. The average Bonchev–Trinajstić information content (AvgIpc) is 2.66. The molecule has 2 N–H and O–H groups in total. The van der Waals surface area contributed by atoms with E-state index in [1.165, 1.54) is 18.6 Å². The Balaban J connectivity index is 0.000000253. The monoisotopic (exact) mass is 621 g/mol. The summed E-state index contributed by atoms with van der Waals surface area (Å²) in [6.45, 7) is 5.60. The number of ether oxygens (including phenoxy) is 1. The number of carbonyl (C=O) groups excluding carboxylic acids is 1. The molecule has 2 saturated carbocycles. The molecule has 0 heterocycles. The van der Waals surface area contributed by atoms with Gasteiger partial charge in [0, 0.05) is 11.0 Å². The van der Waals surface area contributed by atoms with E-state index in [4.69, 9.17) is 10.5 Å². The summed E-state index contributed by atoms with van der Waals surface area (Å²) in [6, 6.07) is 10.1. The largest absolute Gasteiger partial charge is 0.460 e. The van der Waals surface area contributed by atoms with Gasteiger partial charge in [0.15, 0.2) is 0 Å². The number of esters is 1. The van der Waals surface area contributed by atoms with Crippen LogP contribution in [-0.4, -0.2) is 11.6 Å². The highest BCUT2D eigenvalue weighted by Crippen LogP contribution is 2.47. The van der Waals surface area contributed by atoms with Crippen molar-refractivity contribution >= 4 is 50.2 Å². The molecule has 8 heteroatoms. The zero-order chi connectivity index (χ0) is 24.4. The van der Waals surface area contributed by atoms with Crippen molar-refractivity contribution in [2.24, 2.45) is 5.73 Å². The van der Waals surface area contributed by atoms with E-state index in [1.54, 1.807) is 24.3 Å². The van der Waals surface area contributed by atoms with Gasteiger partial charge in [-0.3, -0.25) is 4.79 Å². The Bertz CT molecular complexity index is 1020. The van der Waals surface area contributed by atoms with Gasteiger partial charge < -0.3 is 10.5 Å². The minimum atomic E-state index is -0.467. The molecule has 34 heavy (non-hydrogen) atoms. The molecular weight excluding hydrogens is 592 g/mol. The van der Waals surface area contributed by atoms with Crippen LogP contribution in [-0.2, 0) is 20.5 Å². The fourth-order valence-corrected chi connectivity index (χ4v) is 5.06. The Labute approximate surface area is 223 Å². The van der Waals surface area contributed by atoms with E-state index in [0.29, 0.717) is 15.4 Å². The van der Waals surface area contributed by atoms with E-state index >= 15 is 0 Å². The van der Waals surface area contributed by atoms with Crippen molar-refractivity contribution in [2.75, 3.05) is 0 Å². The van der Waals surface area contributed by atoms with Crippen LogP contribution in [0.2, 0.25) is 0 Å². The third-order valence-electron chi connectivity index (χ3n) is 6.49. The van der Waals surface area contributed by atoms with E-state index in [1.807, 2.05) is 20.8 Å². The second-order valence-corrected chi connectivity index (χ2v) is 11.9. The van der Waals surface area contributed by atoms with Gasteiger partial charge in [0.05, 0.1) is 15.4 Å². The van der Waals surface area contributed by atoms with Crippen molar-refractivity contribution in [1.29, 1.82) is 0 Å². The smallest absolute Gasteiger partial charge is 0.307 e. The summed E-state index contributed by atoms with van der Waals surface area (Å²) in [5.74, 6) is -0.690. The van der Waals surface area contributed by atoms with Gasteiger partial charge in [0.25, 0.3) is 0 Å². The van der Waals surface area contributed by atoms with Crippen molar-refractivity contribution < 1.29 is 18.3 Å². The summed E-state index contributed by atoms with van der Waals surface area (Å²) in [4.78, 5) is 12.1. The van der Waals surface area contributed by atoms with Crippen LogP contribution < -0.4 is 5.73 Å². The van der Waals surface area contributed by atoms with Crippen LogP contribution in [0.25, 0.3) is 0 Å². The number of hydrogen-bond acceptors (Lipinski definition) is 3.